The van der Waals surface area contributed by atoms with Gasteiger partial charge in [0.25, 0.3) is 0 Å². The first-order valence-corrected chi connectivity index (χ1v) is 8.64. The molecule has 2 aromatic carbocycles. The molecule has 3 rings (SSSR count). The second-order valence-electron chi connectivity index (χ2n) is 6.95. The van der Waals surface area contributed by atoms with Gasteiger partial charge in [-0.15, -0.1) is 0 Å². The van der Waals surface area contributed by atoms with Crippen molar-refractivity contribution in [1.29, 1.82) is 0 Å². The van der Waals surface area contributed by atoms with E-state index in [1.54, 1.807) is 0 Å². The molecular weight excluding hydrogens is 290 g/mol. The number of benzene rings is 2. The van der Waals surface area contributed by atoms with Gasteiger partial charge in [0.1, 0.15) is 7.05 Å². The topological polar surface area (TPSA) is 3.88 Å². The fourth-order valence-corrected chi connectivity index (χ4v) is 3.32. The van der Waals surface area contributed by atoms with E-state index in [4.69, 9.17) is 0 Å². The zero-order valence-electron chi connectivity index (χ0n) is 15.3. The van der Waals surface area contributed by atoms with Crippen LogP contribution < -0.4 is 4.57 Å². The lowest BCUT2D eigenvalue weighted by molar-refractivity contribution is -0.660. The van der Waals surface area contributed by atoms with Crippen molar-refractivity contribution >= 4 is 0 Å². The molecule has 0 saturated carbocycles. The average Bonchev–Trinajstić information content (AvgIpc) is 2.56. The van der Waals surface area contributed by atoms with Gasteiger partial charge in [0.2, 0.25) is 5.69 Å². The summed E-state index contributed by atoms with van der Waals surface area (Å²) in [5, 5.41) is 0. The van der Waals surface area contributed by atoms with Crippen LogP contribution in [0, 0.1) is 13.8 Å². The quantitative estimate of drug-likeness (QED) is 0.555. The summed E-state index contributed by atoms with van der Waals surface area (Å²) < 4.78 is 2.20. The largest absolute Gasteiger partial charge is 0.213 e. The minimum Gasteiger partial charge on any atom is -0.201 e. The van der Waals surface area contributed by atoms with E-state index in [0.717, 1.165) is 0 Å². The Hall–Kier alpha value is -2.41. The van der Waals surface area contributed by atoms with Crippen molar-refractivity contribution in [2.45, 2.75) is 33.6 Å². The summed E-state index contributed by atoms with van der Waals surface area (Å²) >= 11 is 0. The molecule has 0 fully saturated rings. The predicted molar refractivity (Wildman–Crippen MR) is 102 cm³/mol. The molecule has 24 heavy (non-hydrogen) atoms. The van der Waals surface area contributed by atoms with Gasteiger partial charge in [0, 0.05) is 17.7 Å². The van der Waals surface area contributed by atoms with E-state index in [-0.39, 0.29) is 0 Å². The van der Waals surface area contributed by atoms with E-state index >= 15 is 0 Å². The lowest BCUT2D eigenvalue weighted by Crippen LogP contribution is -2.30. The van der Waals surface area contributed by atoms with Crippen molar-refractivity contribution in [2.75, 3.05) is 0 Å². The lowest BCUT2D eigenvalue weighted by atomic mass is 9.93. The third-order valence-corrected chi connectivity index (χ3v) is 4.81. The fourth-order valence-electron chi connectivity index (χ4n) is 3.32. The summed E-state index contributed by atoms with van der Waals surface area (Å²) in [7, 11) is 2.11. The molecule has 3 aromatic rings. The third-order valence-electron chi connectivity index (χ3n) is 4.81. The summed E-state index contributed by atoms with van der Waals surface area (Å²) in [6.45, 7) is 8.89. The first-order valence-electron chi connectivity index (χ1n) is 8.64. The Morgan fingerprint density at radius 3 is 2.21 bits per heavy atom. The van der Waals surface area contributed by atoms with Gasteiger partial charge in [0.05, 0.1) is 0 Å². The van der Waals surface area contributed by atoms with Crippen LogP contribution in [0.4, 0.5) is 0 Å². The number of nitrogens with zero attached hydrogens (tertiary/aromatic N) is 1. The molecular formula is C23H26N+. The zero-order chi connectivity index (χ0) is 17.3. The lowest BCUT2D eigenvalue weighted by Gasteiger charge is -2.12. The average molecular weight is 316 g/mol. The standard InChI is InChI=1S/C23H26N/c1-16(2)22-14-19(11-10-18(22)4)20-12-13-24(5)23(15-20)21-9-7-6-8-17(21)3/h6-16H,1-5H3/q+1. The summed E-state index contributed by atoms with van der Waals surface area (Å²) in [5.74, 6) is 0.542. The van der Waals surface area contributed by atoms with Crippen LogP contribution in [0.3, 0.4) is 0 Å². The molecule has 1 heteroatoms. The Bertz CT molecular complexity index is 875. The Balaban J connectivity index is 2.13. The molecule has 1 heterocycles. The van der Waals surface area contributed by atoms with Gasteiger partial charge in [-0.3, -0.25) is 0 Å². The van der Waals surface area contributed by atoms with Crippen LogP contribution in [0.15, 0.2) is 60.8 Å². The van der Waals surface area contributed by atoms with Crippen LogP contribution in [-0.4, -0.2) is 0 Å². The van der Waals surface area contributed by atoms with Crippen LogP contribution >= 0.6 is 0 Å². The number of pyridine rings is 1. The van der Waals surface area contributed by atoms with Crippen LogP contribution in [0.5, 0.6) is 0 Å². The van der Waals surface area contributed by atoms with Crippen molar-refractivity contribution in [1.82, 2.24) is 0 Å². The highest BCUT2D eigenvalue weighted by molar-refractivity contribution is 5.71. The SMILES string of the molecule is Cc1ccccc1-c1cc(-c2ccc(C)c(C(C)C)c2)cc[n+]1C. The minimum absolute atomic E-state index is 0.542. The summed E-state index contributed by atoms with van der Waals surface area (Å²) in [6.07, 6.45) is 2.16. The van der Waals surface area contributed by atoms with E-state index in [9.17, 15) is 0 Å². The maximum absolute atomic E-state index is 2.34. The van der Waals surface area contributed by atoms with Gasteiger partial charge in [-0.2, -0.15) is 0 Å². The molecule has 0 amide bonds. The van der Waals surface area contributed by atoms with Crippen LogP contribution in [0.25, 0.3) is 22.4 Å². The highest BCUT2D eigenvalue weighted by Gasteiger charge is 2.14. The first kappa shape index (κ1) is 16.4. The molecule has 0 aliphatic heterocycles. The Labute approximate surface area is 145 Å². The third kappa shape index (κ3) is 3.12. The fraction of sp³-hybridized carbons (Fsp3) is 0.261. The van der Waals surface area contributed by atoms with Gasteiger partial charge in [-0.05, 0) is 53.6 Å². The van der Waals surface area contributed by atoms with Crippen molar-refractivity contribution < 1.29 is 4.57 Å². The zero-order valence-corrected chi connectivity index (χ0v) is 15.3. The summed E-state index contributed by atoms with van der Waals surface area (Å²) in [6, 6.07) is 19.9. The van der Waals surface area contributed by atoms with Gasteiger partial charge < -0.3 is 0 Å². The molecule has 0 unspecified atom stereocenters. The normalized spacial score (nSPS) is 11.1. The second kappa shape index (κ2) is 6.60. The van der Waals surface area contributed by atoms with Gasteiger partial charge in [-0.25, -0.2) is 4.57 Å². The summed E-state index contributed by atoms with van der Waals surface area (Å²) in [5.41, 5.74) is 9.20. The maximum Gasteiger partial charge on any atom is 0.213 e. The van der Waals surface area contributed by atoms with E-state index in [1.165, 1.54) is 39.1 Å². The summed E-state index contributed by atoms with van der Waals surface area (Å²) in [4.78, 5) is 0. The molecule has 0 saturated heterocycles. The maximum atomic E-state index is 2.34. The Kier molecular flexibility index (Phi) is 4.53. The van der Waals surface area contributed by atoms with Gasteiger partial charge in [-0.1, -0.05) is 50.2 Å². The van der Waals surface area contributed by atoms with Crippen molar-refractivity contribution in [3.05, 3.63) is 77.5 Å². The van der Waals surface area contributed by atoms with E-state index in [0.29, 0.717) is 5.92 Å². The highest BCUT2D eigenvalue weighted by atomic mass is 14.9. The predicted octanol–water partition coefficient (Wildman–Crippen LogP) is 5.59. The van der Waals surface area contributed by atoms with Gasteiger partial charge in [0.15, 0.2) is 6.20 Å². The van der Waals surface area contributed by atoms with E-state index in [2.05, 4.69) is 100 Å². The Morgan fingerprint density at radius 1 is 0.792 bits per heavy atom. The first-order chi connectivity index (χ1) is 11.5. The Morgan fingerprint density at radius 2 is 1.50 bits per heavy atom. The monoisotopic (exact) mass is 316 g/mol. The second-order valence-corrected chi connectivity index (χ2v) is 6.95. The molecule has 1 aromatic heterocycles. The number of aryl methyl sites for hydroxylation is 3. The van der Waals surface area contributed by atoms with E-state index in [1.807, 2.05) is 0 Å². The van der Waals surface area contributed by atoms with Crippen molar-refractivity contribution in [3.8, 4) is 22.4 Å². The minimum atomic E-state index is 0.542. The molecule has 0 spiro atoms. The number of aromatic nitrogens is 1. The smallest absolute Gasteiger partial charge is 0.201 e. The number of hydrogen-bond acceptors (Lipinski definition) is 0. The molecule has 0 N–H and O–H groups in total. The number of rotatable bonds is 3. The highest BCUT2D eigenvalue weighted by Crippen LogP contribution is 2.29. The molecule has 1 nitrogen and oxygen atoms in total. The van der Waals surface area contributed by atoms with Crippen molar-refractivity contribution in [2.24, 2.45) is 7.05 Å². The van der Waals surface area contributed by atoms with Crippen LogP contribution in [0.2, 0.25) is 0 Å². The molecule has 0 atom stereocenters. The van der Waals surface area contributed by atoms with E-state index < -0.39 is 0 Å². The number of hydrogen-bond donors (Lipinski definition) is 0. The molecule has 0 radical (unpaired) electrons. The molecule has 0 aliphatic carbocycles. The molecule has 122 valence electrons. The van der Waals surface area contributed by atoms with Gasteiger partial charge >= 0.3 is 0 Å². The van der Waals surface area contributed by atoms with Crippen molar-refractivity contribution in [3.63, 3.8) is 0 Å². The molecule has 0 bridgehead atoms. The molecule has 0 aliphatic rings. The van der Waals surface area contributed by atoms with Crippen LogP contribution in [-0.2, 0) is 7.05 Å². The van der Waals surface area contributed by atoms with Crippen LogP contribution in [0.1, 0.15) is 36.5 Å².